The maximum absolute atomic E-state index is 11.1. The maximum atomic E-state index is 11.1. The molecule has 0 aromatic heterocycles. The smallest absolute Gasteiger partial charge is 0.335 e. The first-order valence-corrected chi connectivity index (χ1v) is 6.55. The molecule has 0 heterocycles. The van der Waals surface area contributed by atoms with E-state index < -0.39 is 5.97 Å². The minimum Gasteiger partial charge on any atom is -0.478 e. The number of carboxylic acids is 1. The average molecular weight is 269 g/mol. The second-order valence-electron chi connectivity index (χ2n) is 5.21. The van der Waals surface area contributed by atoms with Crippen LogP contribution in [-0.4, -0.2) is 30.1 Å². The zero-order chi connectivity index (χ0) is 14.7. The van der Waals surface area contributed by atoms with Gasteiger partial charge < -0.3 is 5.11 Å². The van der Waals surface area contributed by atoms with Crippen LogP contribution < -0.4 is 0 Å². The van der Waals surface area contributed by atoms with Crippen LogP contribution in [0.15, 0.2) is 48.5 Å². The fourth-order valence-electron chi connectivity index (χ4n) is 2.38. The van der Waals surface area contributed by atoms with Crippen LogP contribution in [0.4, 0.5) is 0 Å². The Bertz CT molecular complexity index is 603. The van der Waals surface area contributed by atoms with Gasteiger partial charge in [-0.3, -0.25) is 4.90 Å². The minimum absolute atomic E-state index is 0.0508. The van der Waals surface area contributed by atoms with E-state index in [1.165, 1.54) is 5.56 Å². The van der Waals surface area contributed by atoms with Gasteiger partial charge in [0.1, 0.15) is 0 Å². The summed E-state index contributed by atoms with van der Waals surface area (Å²) in [5, 5.41) is 9.12. The highest BCUT2D eigenvalue weighted by Gasteiger charge is 2.17. The first-order chi connectivity index (χ1) is 9.49. The Balaban J connectivity index is 2.46. The van der Waals surface area contributed by atoms with Gasteiger partial charge in [-0.1, -0.05) is 42.0 Å². The molecule has 0 saturated carbocycles. The highest BCUT2D eigenvalue weighted by molar-refractivity contribution is 5.87. The second kappa shape index (κ2) is 5.88. The summed E-state index contributed by atoms with van der Waals surface area (Å²) in [4.78, 5) is 13.2. The Morgan fingerprint density at radius 2 is 1.70 bits per heavy atom. The number of nitrogens with zero attached hydrogens (tertiary/aromatic N) is 1. The Morgan fingerprint density at radius 3 is 2.25 bits per heavy atom. The molecule has 20 heavy (non-hydrogen) atoms. The molecule has 3 nitrogen and oxygen atoms in total. The van der Waals surface area contributed by atoms with Crippen molar-refractivity contribution in [1.29, 1.82) is 0 Å². The van der Waals surface area contributed by atoms with E-state index in [-0.39, 0.29) is 6.04 Å². The van der Waals surface area contributed by atoms with Gasteiger partial charge in [0.15, 0.2) is 0 Å². The zero-order valence-electron chi connectivity index (χ0n) is 12.0. The highest BCUT2D eigenvalue weighted by atomic mass is 16.4. The largest absolute Gasteiger partial charge is 0.478 e. The molecule has 1 atom stereocenters. The third-order valence-electron chi connectivity index (χ3n) is 3.36. The molecule has 0 aliphatic rings. The number of hydrogen-bond donors (Lipinski definition) is 1. The summed E-state index contributed by atoms with van der Waals surface area (Å²) in [5.74, 6) is -0.895. The van der Waals surface area contributed by atoms with Crippen molar-refractivity contribution in [3.05, 3.63) is 70.8 Å². The first kappa shape index (κ1) is 14.3. The number of aryl methyl sites for hydroxylation is 1. The normalized spacial score (nSPS) is 12.4. The molecular formula is C17H19NO2. The summed E-state index contributed by atoms with van der Waals surface area (Å²) in [6, 6.07) is 15.5. The zero-order valence-corrected chi connectivity index (χ0v) is 12.0. The van der Waals surface area contributed by atoms with Gasteiger partial charge in [-0.05, 0) is 44.3 Å². The lowest BCUT2D eigenvalue weighted by Crippen LogP contribution is -2.21. The van der Waals surface area contributed by atoms with Crippen molar-refractivity contribution in [2.75, 3.05) is 14.1 Å². The molecule has 0 radical (unpaired) electrons. The molecule has 2 aromatic carbocycles. The third-order valence-corrected chi connectivity index (χ3v) is 3.36. The van der Waals surface area contributed by atoms with Crippen molar-refractivity contribution in [2.24, 2.45) is 0 Å². The summed E-state index contributed by atoms with van der Waals surface area (Å²) in [6.07, 6.45) is 0. The lowest BCUT2D eigenvalue weighted by Gasteiger charge is -2.25. The topological polar surface area (TPSA) is 40.5 Å². The quantitative estimate of drug-likeness (QED) is 0.925. The number of rotatable bonds is 4. The summed E-state index contributed by atoms with van der Waals surface area (Å²) < 4.78 is 0. The van der Waals surface area contributed by atoms with Crippen LogP contribution in [0, 0.1) is 6.92 Å². The number of hydrogen-bond acceptors (Lipinski definition) is 2. The van der Waals surface area contributed by atoms with Crippen LogP contribution in [0.1, 0.15) is 33.1 Å². The fourth-order valence-corrected chi connectivity index (χ4v) is 2.38. The van der Waals surface area contributed by atoms with Gasteiger partial charge in [0, 0.05) is 0 Å². The Hall–Kier alpha value is -2.13. The molecule has 0 aliphatic heterocycles. The van der Waals surface area contributed by atoms with Crippen LogP contribution in [0.3, 0.4) is 0 Å². The van der Waals surface area contributed by atoms with E-state index in [4.69, 9.17) is 5.11 Å². The molecule has 2 aromatic rings. The van der Waals surface area contributed by atoms with Gasteiger partial charge in [-0.25, -0.2) is 4.79 Å². The number of carbonyl (C=O) groups is 1. The van der Waals surface area contributed by atoms with E-state index in [2.05, 4.69) is 36.1 Å². The SMILES string of the molecule is Cc1ccc(C(c2cccc(C(=O)O)c2)N(C)C)cc1. The van der Waals surface area contributed by atoms with E-state index in [1.54, 1.807) is 18.2 Å². The molecule has 104 valence electrons. The van der Waals surface area contributed by atoms with E-state index >= 15 is 0 Å². The monoisotopic (exact) mass is 269 g/mol. The standard InChI is InChI=1S/C17H19NO2/c1-12-7-9-13(10-8-12)16(18(2)3)14-5-4-6-15(11-14)17(19)20/h4-11,16H,1-3H3,(H,19,20). The van der Waals surface area contributed by atoms with Crippen molar-refractivity contribution in [3.63, 3.8) is 0 Å². The Labute approximate surface area is 119 Å². The van der Waals surface area contributed by atoms with Crippen LogP contribution in [-0.2, 0) is 0 Å². The summed E-state index contributed by atoms with van der Waals surface area (Å²) in [7, 11) is 4.00. The summed E-state index contributed by atoms with van der Waals surface area (Å²) >= 11 is 0. The molecule has 1 unspecified atom stereocenters. The molecular weight excluding hydrogens is 250 g/mol. The lowest BCUT2D eigenvalue weighted by atomic mass is 9.95. The van der Waals surface area contributed by atoms with Crippen LogP contribution >= 0.6 is 0 Å². The lowest BCUT2D eigenvalue weighted by molar-refractivity contribution is 0.0696. The molecule has 0 saturated heterocycles. The van der Waals surface area contributed by atoms with E-state index in [0.717, 1.165) is 11.1 Å². The number of aromatic carboxylic acids is 1. The summed E-state index contributed by atoms with van der Waals surface area (Å²) in [6.45, 7) is 2.06. The predicted molar refractivity (Wildman–Crippen MR) is 80.1 cm³/mol. The molecule has 0 aliphatic carbocycles. The van der Waals surface area contributed by atoms with Gasteiger partial charge in [-0.15, -0.1) is 0 Å². The fraction of sp³-hybridized carbons (Fsp3) is 0.235. The molecule has 0 bridgehead atoms. The van der Waals surface area contributed by atoms with Gasteiger partial charge in [-0.2, -0.15) is 0 Å². The van der Waals surface area contributed by atoms with Gasteiger partial charge >= 0.3 is 5.97 Å². The van der Waals surface area contributed by atoms with E-state index in [1.807, 2.05) is 20.2 Å². The van der Waals surface area contributed by atoms with Crippen molar-refractivity contribution in [1.82, 2.24) is 4.90 Å². The molecule has 0 amide bonds. The summed E-state index contributed by atoms with van der Waals surface area (Å²) in [5.41, 5.74) is 3.67. The molecule has 0 fully saturated rings. The van der Waals surface area contributed by atoms with Crippen molar-refractivity contribution < 1.29 is 9.90 Å². The third kappa shape index (κ3) is 3.06. The Morgan fingerprint density at radius 1 is 1.05 bits per heavy atom. The van der Waals surface area contributed by atoms with Gasteiger partial charge in [0.2, 0.25) is 0 Å². The van der Waals surface area contributed by atoms with Crippen LogP contribution in [0.25, 0.3) is 0 Å². The van der Waals surface area contributed by atoms with Crippen LogP contribution in [0.2, 0.25) is 0 Å². The van der Waals surface area contributed by atoms with Gasteiger partial charge in [0.25, 0.3) is 0 Å². The number of benzene rings is 2. The van der Waals surface area contributed by atoms with E-state index in [9.17, 15) is 4.79 Å². The van der Waals surface area contributed by atoms with Crippen molar-refractivity contribution in [3.8, 4) is 0 Å². The maximum Gasteiger partial charge on any atom is 0.335 e. The minimum atomic E-state index is -0.895. The number of carboxylic acid groups (broad SMARTS) is 1. The van der Waals surface area contributed by atoms with Crippen molar-refractivity contribution >= 4 is 5.97 Å². The van der Waals surface area contributed by atoms with Crippen molar-refractivity contribution in [2.45, 2.75) is 13.0 Å². The molecule has 3 heteroatoms. The highest BCUT2D eigenvalue weighted by Crippen LogP contribution is 2.27. The molecule has 1 N–H and O–H groups in total. The second-order valence-corrected chi connectivity index (χ2v) is 5.21. The first-order valence-electron chi connectivity index (χ1n) is 6.55. The molecule has 2 rings (SSSR count). The average Bonchev–Trinajstić information content (AvgIpc) is 2.41. The van der Waals surface area contributed by atoms with Crippen LogP contribution in [0.5, 0.6) is 0 Å². The predicted octanol–water partition coefficient (Wildman–Crippen LogP) is 3.34. The van der Waals surface area contributed by atoms with E-state index in [0.29, 0.717) is 5.56 Å². The Kier molecular flexibility index (Phi) is 4.20. The van der Waals surface area contributed by atoms with Gasteiger partial charge in [0.05, 0.1) is 11.6 Å². The molecule has 0 spiro atoms.